The van der Waals surface area contributed by atoms with E-state index in [2.05, 4.69) is 41.6 Å². The van der Waals surface area contributed by atoms with Gasteiger partial charge in [-0.2, -0.15) is 5.11 Å². The molecule has 1 aliphatic heterocycles. The van der Waals surface area contributed by atoms with Gasteiger partial charge in [-0.3, -0.25) is 19.4 Å². The van der Waals surface area contributed by atoms with E-state index in [-0.39, 0.29) is 67.4 Å². The summed E-state index contributed by atoms with van der Waals surface area (Å²) in [5.74, 6) is -0.114. The summed E-state index contributed by atoms with van der Waals surface area (Å²) < 4.78 is 11.2. The Morgan fingerprint density at radius 3 is 2.54 bits per heavy atom. The first kappa shape index (κ1) is 34.4. The minimum atomic E-state index is -0.531. The summed E-state index contributed by atoms with van der Waals surface area (Å²) in [4.78, 5) is 39.9. The third-order valence-electron chi connectivity index (χ3n) is 8.17. The Balaban J connectivity index is 1.35. The third kappa shape index (κ3) is 8.81. The third-order valence-corrected chi connectivity index (χ3v) is 8.17. The molecular weight excluding hydrogens is 586 g/mol. The molecule has 2 unspecified atom stereocenters. The van der Waals surface area contributed by atoms with Crippen molar-refractivity contribution < 1.29 is 29.0 Å². The summed E-state index contributed by atoms with van der Waals surface area (Å²) in [5.41, 5.74) is 4.03. The Hall–Kier alpha value is -4.51. The van der Waals surface area contributed by atoms with Gasteiger partial charge in [-0.05, 0) is 55.5 Å². The summed E-state index contributed by atoms with van der Waals surface area (Å²) in [6.45, 7) is 7.57. The van der Waals surface area contributed by atoms with Gasteiger partial charge >= 0.3 is 0 Å². The lowest BCUT2D eigenvalue weighted by Gasteiger charge is -2.29. The highest BCUT2D eigenvalue weighted by molar-refractivity contribution is 5.97. The number of carbonyl (C=O) groups is 3. The number of ether oxygens (including phenoxy) is 2. The van der Waals surface area contributed by atoms with Gasteiger partial charge < -0.3 is 24.8 Å². The van der Waals surface area contributed by atoms with Crippen LogP contribution in [0, 0.1) is 0 Å². The zero-order valence-corrected chi connectivity index (χ0v) is 27.2. The average Bonchev–Trinajstić information content (AvgIpc) is 3.07. The molecule has 0 saturated heterocycles. The smallest absolute Gasteiger partial charge is 0.229 e. The molecule has 2 aliphatic rings. The molecule has 0 spiro atoms. The van der Waals surface area contributed by atoms with Gasteiger partial charge in [0.1, 0.15) is 17.6 Å². The number of para-hydroxylation sites is 1. The minimum absolute atomic E-state index is 0.0169. The van der Waals surface area contributed by atoms with Crippen LogP contribution in [0.1, 0.15) is 75.6 Å². The number of fused-ring (bicyclic) bond motifs is 2. The predicted molar refractivity (Wildman–Crippen MR) is 175 cm³/mol. The molecule has 46 heavy (non-hydrogen) atoms. The van der Waals surface area contributed by atoms with Crippen LogP contribution in [-0.2, 0) is 36.9 Å². The minimum Gasteiger partial charge on any atom is -0.511 e. The topological polar surface area (TPSA) is 133 Å². The van der Waals surface area contributed by atoms with Crippen molar-refractivity contribution in [2.45, 2.75) is 78.1 Å². The quantitative estimate of drug-likeness (QED) is 0.280. The number of carbonyl (C=O) groups excluding carboxylic acids is 3. The molecule has 1 heterocycles. The zero-order valence-electron chi connectivity index (χ0n) is 27.2. The van der Waals surface area contributed by atoms with Crippen LogP contribution in [0.4, 0.5) is 5.69 Å². The van der Waals surface area contributed by atoms with Crippen molar-refractivity contribution in [3.8, 4) is 0 Å². The monoisotopic (exact) mass is 631 g/mol. The number of nitrogens with one attached hydrogen (secondary N) is 1. The first-order chi connectivity index (χ1) is 22.2. The number of hydrogen-bond acceptors (Lipinski definition) is 9. The molecule has 2 N–H and O–H groups in total. The molecule has 2 aromatic rings. The number of allylic oxidation sites excluding steroid dienone is 2. The summed E-state index contributed by atoms with van der Waals surface area (Å²) in [6, 6.07) is 15.9. The van der Waals surface area contributed by atoms with Gasteiger partial charge in [0, 0.05) is 44.6 Å². The molecule has 4 rings (SSSR count). The van der Waals surface area contributed by atoms with E-state index in [9.17, 15) is 19.5 Å². The molecule has 1 aliphatic carbocycles. The number of rotatable bonds is 12. The Morgan fingerprint density at radius 1 is 1.07 bits per heavy atom. The fourth-order valence-electron chi connectivity index (χ4n) is 5.70. The maximum absolute atomic E-state index is 13.8. The van der Waals surface area contributed by atoms with Crippen LogP contribution in [0.2, 0.25) is 0 Å². The number of nitrogens with zero attached hydrogens (tertiary/aromatic N) is 4. The van der Waals surface area contributed by atoms with Gasteiger partial charge in [0.25, 0.3) is 0 Å². The van der Waals surface area contributed by atoms with E-state index in [1.165, 1.54) is 20.1 Å². The van der Waals surface area contributed by atoms with Gasteiger partial charge in [-0.25, -0.2) is 0 Å². The summed E-state index contributed by atoms with van der Waals surface area (Å²) in [6.07, 6.45) is 2.81. The molecule has 0 fully saturated rings. The molecule has 0 aromatic heterocycles. The normalized spacial score (nSPS) is 18.2. The van der Waals surface area contributed by atoms with Crippen LogP contribution >= 0.6 is 0 Å². The second-order valence-corrected chi connectivity index (χ2v) is 11.5. The van der Waals surface area contributed by atoms with E-state index in [0.717, 1.165) is 35.3 Å². The molecule has 0 radical (unpaired) electrons. The molecule has 0 bridgehead atoms. The van der Waals surface area contributed by atoms with Gasteiger partial charge in [0.15, 0.2) is 5.78 Å². The Labute approximate surface area is 270 Å². The first-order valence-corrected chi connectivity index (χ1v) is 15.9. The van der Waals surface area contributed by atoms with Gasteiger partial charge in [-0.1, -0.05) is 54.6 Å². The second-order valence-electron chi connectivity index (χ2n) is 11.5. The average molecular weight is 632 g/mol. The van der Waals surface area contributed by atoms with E-state index >= 15 is 0 Å². The standard InChI is InChI=1S/C35H45N5O6/c1-5-18-40-24(2)28-13-8-6-12-27(28)23-39(30-14-9-7-11-26(30)22-37-38-40)35(44)16-17-36-34(43)15-10-19-46-33-21-31(42)29(25(3)41)20-32(33)45-4/h6-9,11-14,20,24,33,42H,5,10,15-19,21-23H2,1-4H3,(H,36,43). The predicted octanol–water partition coefficient (Wildman–Crippen LogP) is 5.88. The molecular formula is C35H45N5O6. The number of aliphatic hydroxyl groups is 1. The molecule has 2 aromatic carbocycles. The number of hydrogen-bond donors (Lipinski definition) is 2. The van der Waals surface area contributed by atoms with E-state index in [1.807, 2.05) is 41.4 Å². The summed E-state index contributed by atoms with van der Waals surface area (Å²) in [7, 11) is 1.48. The lowest BCUT2D eigenvalue weighted by atomic mass is 9.98. The van der Waals surface area contributed by atoms with E-state index < -0.39 is 6.10 Å². The lowest BCUT2D eigenvalue weighted by Crippen LogP contribution is -2.35. The van der Waals surface area contributed by atoms with E-state index in [1.54, 1.807) is 4.90 Å². The number of amides is 2. The number of anilines is 1. The lowest BCUT2D eigenvalue weighted by molar-refractivity contribution is -0.122. The molecule has 11 nitrogen and oxygen atoms in total. The number of aliphatic hydroxyl groups excluding tert-OH is 1. The van der Waals surface area contributed by atoms with Gasteiger partial charge in [0.05, 0.1) is 31.8 Å². The van der Waals surface area contributed by atoms with Crippen LogP contribution in [-0.4, -0.2) is 60.6 Å². The largest absolute Gasteiger partial charge is 0.511 e. The molecule has 2 amide bonds. The highest BCUT2D eigenvalue weighted by Gasteiger charge is 2.27. The van der Waals surface area contributed by atoms with Crippen molar-refractivity contribution in [3.63, 3.8) is 0 Å². The highest BCUT2D eigenvalue weighted by Crippen LogP contribution is 2.31. The van der Waals surface area contributed by atoms with Gasteiger partial charge in [0.2, 0.25) is 11.8 Å². The van der Waals surface area contributed by atoms with Crippen molar-refractivity contribution in [3.05, 3.63) is 88.4 Å². The summed E-state index contributed by atoms with van der Waals surface area (Å²) >= 11 is 0. The second kappa shape index (κ2) is 16.7. The van der Waals surface area contributed by atoms with Crippen LogP contribution in [0.25, 0.3) is 0 Å². The zero-order chi connectivity index (χ0) is 33.1. The van der Waals surface area contributed by atoms with E-state index in [0.29, 0.717) is 25.3 Å². The number of Topliss-reactive ketones (excluding diaryl/α,β-unsaturated/α-hetero) is 1. The van der Waals surface area contributed by atoms with Crippen LogP contribution in [0.15, 0.2) is 82.0 Å². The number of methoxy groups -OCH3 is 1. The number of benzene rings is 2. The van der Waals surface area contributed by atoms with Crippen molar-refractivity contribution >= 4 is 23.3 Å². The number of ketones is 1. The van der Waals surface area contributed by atoms with Crippen LogP contribution in [0.3, 0.4) is 0 Å². The Kier molecular flexibility index (Phi) is 12.5. The van der Waals surface area contributed by atoms with Crippen molar-refractivity contribution in [2.75, 3.05) is 31.7 Å². The Bertz CT molecular complexity index is 1490. The molecule has 11 heteroatoms. The molecule has 0 saturated carbocycles. The maximum atomic E-state index is 13.8. The molecule has 246 valence electrons. The SMILES string of the molecule is CCCN1N=NCc2ccccc2N(C(=O)CCNC(=O)CCCOC2CC(O)=C(C(C)=O)C=C2OC)Cc2ccccc2C1C. The molecule has 2 atom stereocenters. The van der Waals surface area contributed by atoms with E-state index in [4.69, 9.17) is 9.47 Å². The highest BCUT2D eigenvalue weighted by atomic mass is 16.5. The van der Waals surface area contributed by atoms with Crippen molar-refractivity contribution in [1.82, 2.24) is 10.3 Å². The maximum Gasteiger partial charge on any atom is 0.229 e. The van der Waals surface area contributed by atoms with Crippen molar-refractivity contribution in [2.24, 2.45) is 10.3 Å². The van der Waals surface area contributed by atoms with Crippen LogP contribution in [0.5, 0.6) is 0 Å². The first-order valence-electron chi connectivity index (χ1n) is 15.9. The van der Waals surface area contributed by atoms with Gasteiger partial charge in [-0.15, -0.1) is 0 Å². The summed E-state index contributed by atoms with van der Waals surface area (Å²) in [5, 5.41) is 24.1. The Morgan fingerprint density at radius 2 is 1.80 bits per heavy atom. The fourth-order valence-corrected chi connectivity index (χ4v) is 5.70. The van der Waals surface area contributed by atoms with Crippen LogP contribution < -0.4 is 10.2 Å². The fraction of sp³-hybridized carbons (Fsp3) is 0.457. The van der Waals surface area contributed by atoms with Crippen molar-refractivity contribution in [1.29, 1.82) is 0 Å².